The third kappa shape index (κ3) is 4.62. The lowest BCUT2D eigenvalue weighted by atomic mass is 9.95. The molecule has 4 nitrogen and oxygen atoms in total. The van der Waals surface area contributed by atoms with Gasteiger partial charge >= 0.3 is 0 Å². The van der Waals surface area contributed by atoms with Gasteiger partial charge in [-0.1, -0.05) is 18.2 Å². The SMILES string of the molecule is CN(C)CCn1cc(-c2ccncc2)c(/C2=C/C/C=C(/F)CC=C2)c1CN. The van der Waals surface area contributed by atoms with E-state index in [0.29, 0.717) is 19.4 Å². The van der Waals surface area contributed by atoms with E-state index in [1.165, 1.54) is 0 Å². The minimum atomic E-state index is -0.0847. The Bertz CT molecular complexity index is 860. The molecular weight excluding hydrogens is 339 g/mol. The van der Waals surface area contributed by atoms with Gasteiger partial charge in [-0.25, -0.2) is 4.39 Å². The van der Waals surface area contributed by atoms with Gasteiger partial charge in [0.15, 0.2) is 0 Å². The average molecular weight is 366 g/mol. The lowest BCUT2D eigenvalue weighted by Gasteiger charge is -2.14. The summed E-state index contributed by atoms with van der Waals surface area (Å²) in [5, 5.41) is 0. The zero-order chi connectivity index (χ0) is 19.2. The van der Waals surface area contributed by atoms with E-state index in [0.717, 1.165) is 41.0 Å². The van der Waals surface area contributed by atoms with E-state index in [1.54, 1.807) is 18.5 Å². The summed E-state index contributed by atoms with van der Waals surface area (Å²) in [6, 6.07) is 4.03. The fourth-order valence-corrected chi connectivity index (χ4v) is 3.35. The summed E-state index contributed by atoms with van der Waals surface area (Å²) in [7, 11) is 4.13. The summed E-state index contributed by atoms with van der Waals surface area (Å²) >= 11 is 0. The molecule has 0 radical (unpaired) electrons. The van der Waals surface area contributed by atoms with E-state index in [-0.39, 0.29) is 5.83 Å². The Balaban J connectivity index is 2.13. The van der Waals surface area contributed by atoms with Crippen molar-refractivity contribution in [3.8, 4) is 11.1 Å². The van der Waals surface area contributed by atoms with Gasteiger partial charge in [0.25, 0.3) is 0 Å². The van der Waals surface area contributed by atoms with Crippen LogP contribution in [-0.4, -0.2) is 35.1 Å². The average Bonchev–Trinajstić information content (AvgIpc) is 3.02. The van der Waals surface area contributed by atoms with Crippen molar-refractivity contribution in [2.45, 2.75) is 25.9 Å². The smallest absolute Gasteiger partial charge is 0.100 e. The molecule has 142 valence electrons. The Labute approximate surface area is 160 Å². The number of hydrogen-bond acceptors (Lipinski definition) is 3. The summed E-state index contributed by atoms with van der Waals surface area (Å²) in [6.07, 6.45) is 14.3. The molecule has 0 unspecified atom stereocenters. The van der Waals surface area contributed by atoms with Crippen LogP contribution in [0.1, 0.15) is 24.1 Å². The highest BCUT2D eigenvalue weighted by Gasteiger charge is 2.19. The Morgan fingerprint density at radius 3 is 2.70 bits per heavy atom. The predicted octanol–water partition coefficient (Wildman–Crippen LogP) is 4.16. The maximum absolute atomic E-state index is 13.6. The van der Waals surface area contributed by atoms with Gasteiger partial charge in [-0.3, -0.25) is 4.98 Å². The van der Waals surface area contributed by atoms with E-state index < -0.39 is 0 Å². The first-order chi connectivity index (χ1) is 13.1. The molecule has 2 aromatic heterocycles. The summed E-state index contributed by atoms with van der Waals surface area (Å²) in [4.78, 5) is 6.30. The summed E-state index contributed by atoms with van der Waals surface area (Å²) in [5.74, 6) is -0.0847. The van der Waals surface area contributed by atoms with Crippen LogP contribution in [0, 0.1) is 0 Å². The molecule has 0 aromatic carbocycles. The number of pyridine rings is 1. The van der Waals surface area contributed by atoms with Crippen LogP contribution in [0.3, 0.4) is 0 Å². The second kappa shape index (κ2) is 8.93. The fraction of sp³-hybridized carbons (Fsp3) is 0.318. The van der Waals surface area contributed by atoms with Crippen LogP contribution in [0.4, 0.5) is 4.39 Å². The minimum Gasteiger partial charge on any atom is -0.348 e. The van der Waals surface area contributed by atoms with E-state index in [4.69, 9.17) is 5.73 Å². The first-order valence-corrected chi connectivity index (χ1v) is 9.29. The third-order valence-electron chi connectivity index (χ3n) is 4.74. The second-order valence-electron chi connectivity index (χ2n) is 6.95. The quantitative estimate of drug-likeness (QED) is 0.835. The van der Waals surface area contributed by atoms with Gasteiger partial charge in [-0.15, -0.1) is 0 Å². The molecule has 0 amide bonds. The number of hydrogen-bond donors (Lipinski definition) is 1. The molecule has 0 bridgehead atoms. The van der Waals surface area contributed by atoms with Crippen molar-refractivity contribution < 1.29 is 4.39 Å². The molecular formula is C22H27FN4. The third-order valence-corrected chi connectivity index (χ3v) is 4.74. The molecule has 0 spiro atoms. The van der Waals surface area contributed by atoms with Crippen LogP contribution in [0.15, 0.2) is 60.9 Å². The Hall–Kier alpha value is -2.50. The Morgan fingerprint density at radius 1 is 1.22 bits per heavy atom. The zero-order valence-corrected chi connectivity index (χ0v) is 16.0. The van der Waals surface area contributed by atoms with Crippen molar-refractivity contribution in [2.75, 3.05) is 20.6 Å². The van der Waals surface area contributed by atoms with Crippen molar-refractivity contribution in [3.05, 3.63) is 72.1 Å². The van der Waals surface area contributed by atoms with Crippen LogP contribution < -0.4 is 5.73 Å². The first-order valence-electron chi connectivity index (χ1n) is 9.29. The molecule has 27 heavy (non-hydrogen) atoms. The number of aromatic nitrogens is 2. The van der Waals surface area contributed by atoms with Gasteiger partial charge in [-0.2, -0.15) is 0 Å². The van der Waals surface area contributed by atoms with Crippen LogP contribution >= 0.6 is 0 Å². The molecule has 5 heteroatoms. The number of halogens is 1. The number of nitrogens with zero attached hydrogens (tertiary/aromatic N) is 3. The van der Waals surface area contributed by atoms with Crippen molar-refractivity contribution in [3.63, 3.8) is 0 Å². The minimum absolute atomic E-state index is 0.0847. The van der Waals surface area contributed by atoms with E-state index >= 15 is 0 Å². The molecule has 1 aliphatic rings. The normalized spacial score (nSPS) is 18.6. The van der Waals surface area contributed by atoms with Crippen LogP contribution in [-0.2, 0) is 13.1 Å². The van der Waals surface area contributed by atoms with Crippen molar-refractivity contribution >= 4 is 5.57 Å². The highest BCUT2D eigenvalue weighted by atomic mass is 19.1. The van der Waals surface area contributed by atoms with Crippen molar-refractivity contribution in [2.24, 2.45) is 5.73 Å². The van der Waals surface area contributed by atoms with Gasteiger partial charge in [0, 0.05) is 61.5 Å². The lowest BCUT2D eigenvalue weighted by Crippen LogP contribution is -2.20. The molecule has 0 aliphatic heterocycles. The number of rotatable bonds is 6. The summed E-state index contributed by atoms with van der Waals surface area (Å²) in [6.45, 7) is 2.24. The largest absolute Gasteiger partial charge is 0.348 e. The molecule has 0 fully saturated rings. The van der Waals surface area contributed by atoms with Crippen LogP contribution in [0.5, 0.6) is 0 Å². The van der Waals surface area contributed by atoms with E-state index in [9.17, 15) is 4.39 Å². The Morgan fingerprint density at radius 2 is 2.00 bits per heavy atom. The number of likely N-dealkylation sites (N-methyl/N-ethyl adjacent to an activating group) is 1. The van der Waals surface area contributed by atoms with Gasteiger partial charge in [0.2, 0.25) is 0 Å². The molecule has 0 saturated carbocycles. The maximum Gasteiger partial charge on any atom is 0.100 e. The number of nitrogens with two attached hydrogens (primary N) is 1. The molecule has 0 atom stereocenters. The maximum atomic E-state index is 13.6. The predicted molar refractivity (Wildman–Crippen MR) is 110 cm³/mol. The molecule has 1 aliphatic carbocycles. The van der Waals surface area contributed by atoms with Crippen molar-refractivity contribution in [1.82, 2.24) is 14.5 Å². The molecule has 2 N–H and O–H groups in total. The highest BCUT2D eigenvalue weighted by Crippen LogP contribution is 2.35. The second-order valence-corrected chi connectivity index (χ2v) is 6.95. The molecule has 0 saturated heterocycles. The molecule has 3 rings (SSSR count). The summed E-state index contributed by atoms with van der Waals surface area (Å²) < 4.78 is 15.8. The van der Waals surface area contributed by atoms with Gasteiger partial charge in [0.05, 0.1) is 0 Å². The lowest BCUT2D eigenvalue weighted by molar-refractivity contribution is 0.381. The van der Waals surface area contributed by atoms with Crippen LogP contribution in [0.2, 0.25) is 0 Å². The van der Waals surface area contributed by atoms with E-state index in [1.807, 2.05) is 24.3 Å². The molecule has 2 heterocycles. The van der Waals surface area contributed by atoms with Gasteiger partial charge in [-0.05, 0) is 49.9 Å². The van der Waals surface area contributed by atoms with Gasteiger partial charge < -0.3 is 15.2 Å². The first kappa shape index (κ1) is 19.3. The van der Waals surface area contributed by atoms with Crippen LogP contribution in [0.25, 0.3) is 16.7 Å². The van der Waals surface area contributed by atoms with Gasteiger partial charge in [0.1, 0.15) is 5.83 Å². The standard InChI is InChI=1S/C22H27FN4/c1-26(2)13-14-27-16-20(17-9-11-25-12-10-17)22(21(27)15-24)18-5-3-7-19(23)8-4-6-18/h3,5-6,8-12,16H,4,7,13-15,24H2,1-2H3/b5-3?,18-6+,19-8+. The zero-order valence-electron chi connectivity index (χ0n) is 16.0. The highest BCUT2D eigenvalue weighted by molar-refractivity contribution is 5.87. The summed E-state index contributed by atoms with van der Waals surface area (Å²) in [5.41, 5.74) is 11.7. The van der Waals surface area contributed by atoms with Crippen molar-refractivity contribution in [1.29, 1.82) is 0 Å². The monoisotopic (exact) mass is 366 g/mol. The topological polar surface area (TPSA) is 47.1 Å². The number of allylic oxidation sites excluding steroid dienone is 6. The fourth-order valence-electron chi connectivity index (χ4n) is 3.35. The van der Waals surface area contributed by atoms with E-state index in [2.05, 4.69) is 40.8 Å². The molecule has 2 aromatic rings. The Kier molecular flexibility index (Phi) is 6.37.